The molecule has 0 radical (unpaired) electrons. The second-order valence-corrected chi connectivity index (χ2v) is 10.8. The first kappa shape index (κ1) is 23.4. The zero-order valence-corrected chi connectivity index (χ0v) is 18.4. The molecule has 0 heterocycles. The molecule has 0 spiro atoms. The highest BCUT2D eigenvalue weighted by molar-refractivity contribution is 8.10. The van der Waals surface area contributed by atoms with Crippen LogP contribution in [0.25, 0.3) is 0 Å². The average Bonchev–Trinajstić information content (AvgIpc) is 2.68. The Morgan fingerprint density at radius 3 is 1.48 bits per heavy atom. The lowest BCUT2D eigenvalue weighted by Gasteiger charge is -2.25. The Balaban J connectivity index is 2.29. The van der Waals surface area contributed by atoms with Crippen LogP contribution in [0.15, 0.2) is 82.6 Å². The van der Waals surface area contributed by atoms with Gasteiger partial charge in [0.05, 0.1) is 21.0 Å². The zero-order valence-electron chi connectivity index (χ0n) is 15.2. The van der Waals surface area contributed by atoms with E-state index in [0.29, 0.717) is 12.1 Å². The van der Waals surface area contributed by atoms with E-state index in [1.807, 2.05) is 0 Å². The molecule has 0 amide bonds. The molecule has 0 saturated carbocycles. The van der Waals surface area contributed by atoms with Crippen LogP contribution in [0.1, 0.15) is 5.56 Å². The normalized spacial score (nSPS) is 12.5. The number of hydrogen-bond donors (Lipinski definition) is 0. The Morgan fingerprint density at radius 2 is 1.10 bits per heavy atom. The average molecular weight is 510 g/mol. The highest BCUT2D eigenvalue weighted by atomic mass is 35.5. The summed E-state index contributed by atoms with van der Waals surface area (Å²) in [5.74, 6) is 0. The summed E-state index contributed by atoms with van der Waals surface area (Å²) in [5, 5.41) is 0.371. The van der Waals surface area contributed by atoms with Gasteiger partial charge in [-0.1, -0.05) is 29.3 Å². The number of anilines is 1. The number of nitrogens with zero attached hydrogens (tertiary/aromatic N) is 1. The van der Waals surface area contributed by atoms with E-state index in [0.717, 1.165) is 36.4 Å². The topological polar surface area (TPSA) is 71.5 Å². The summed E-state index contributed by atoms with van der Waals surface area (Å²) in [6.07, 6.45) is -4.82. The van der Waals surface area contributed by atoms with Crippen molar-refractivity contribution in [3.05, 3.63) is 88.4 Å². The molecule has 0 fully saturated rings. The largest absolute Gasteiger partial charge is 0.416 e. The number of hydrogen-bond acceptors (Lipinski definition) is 4. The van der Waals surface area contributed by atoms with Gasteiger partial charge >= 0.3 is 6.18 Å². The van der Waals surface area contributed by atoms with E-state index in [9.17, 15) is 30.0 Å². The Bertz CT molecular complexity index is 1230. The summed E-state index contributed by atoms with van der Waals surface area (Å²) in [4.78, 5) is -0.960. The predicted molar refractivity (Wildman–Crippen MR) is 111 cm³/mol. The molecule has 3 rings (SSSR count). The fourth-order valence-electron chi connectivity index (χ4n) is 2.61. The molecular weight excluding hydrogens is 498 g/mol. The van der Waals surface area contributed by atoms with Crippen LogP contribution >= 0.6 is 23.2 Å². The third-order valence-electron chi connectivity index (χ3n) is 4.04. The van der Waals surface area contributed by atoms with Crippen LogP contribution < -0.4 is 3.71 Å². The van der Waals surface area contributed by atoms with Crippen LogP contribution in [0, 0.1) is 0 Å². The number of rotatable bonds is 5. The second-order valence-electron chi connectivity index (χ2n) is 6.16. The minimum atomic E-state index is -4.86. The molecule has 12 heteroatoms. The van der Waals surface area contributed by atoms with Gasteiger partial charge in [0.2, 0.25) is 0 Å². The van der Waals surface area contributed by atoms with Gasteiger partial charge < -0.3 is 0 Å². The van der Waals surface area contributed by atoms with Gasteiger partial charge in [0.1, 0.15) is 0 Å². The van der Waals surface area contributed by atoms with Gasteiger partial charge in [0.25, 0.3) is 20.0 Å². The molecule has 0 unspecified atom stereocenters. The molecule has 0 bridgehead atoms. The maximum Gasteiger partial charge on any atom is 0.416 e. The summed E-state index contributed by atoms with van der Waals surface area (Å²) in [7, 11) is -9.73. The molecule has 3 aromatic rings. The fourth-order valence-corrected chi connectivity index (χ4v) is 6.53. The van der Waals surface area contributed by atoms with E-state index in [1.54, 1.807) is 0 Å². The van der Waals surface area contributed by atoms with Gasteiger partial charge in [-0.2, -0.15) is 16.9 Å². The molecule has 5 nitrogen and oxygen atoms in total. The first-order valence-electron chi connectivity index (χ1n) is 8.32. The fraction of sp³-hybridized carbons (Fsp3) is 0.0526. The van der Waals surface area contributed by atoms with E-state index in [-0.39, 0.29) is 13.8 Å². The minimum absolute atomic E-state index is 0.0400. The standard InChI is InChI=1S/C19H12Cl2F3NO4S2/c20-14-4-8-17(9-5-14)30(26,27)25(16-3-1-2-13(12-16)19(22,23)24)31(28,29)18-10-6-15(21)7-11-18/h1-12H. The van der Waals surface area contributed by atoms with Crippen molar-refractivity contribution in [2.24, 2.45) is 0 Å². The van der Waals surface area contributed by atoms with E-state index < -0.39 is 47.3 Å². The molecule has 31 heavy (non-hydrogen) atoms. The minimum Gasteiger partial charge on any atom is -0.200 e. The molecule has 0 aromatic heterocycles. The summed E-state index contributed by atoms with van der Waals surface area (Å²) < 4.78 is 92.8. The van der Waals surface area contributed by atoms with Crippen molar-refractivity contribution in [1.82, 2.24) is 0 Å². The number of sulfonamides is 2. The summed E-state index contributed by atoms with van der Waals surface area (Å²) in [5.41, 5.74) is -1.92. The van der Waals surface area contributed by atoms with Crippen molar-refractivity contribution in [1.29, 1.82) is 0 Å². The van der Waals surface area contributed by atoms with E-state index in [2.05, 4.69) is 0 Å². The van der Waals surface area contributed by atoms with Gasteiger partial charge in [-0.25, -0.2) is 16.8 Å². The van der Waals surface area contributed by atoms with Crippen LogP contribution in [0.2, 0.25) is 10.0 Å². The number of halogens is 5. The van der Waals surface area contributed by atoms with E-state index in [4.69, 9.17) is 23.2 Å². The molecule has 0 aliphatic rings. The first-order valence-corrected chi connectivity index (χ1v) is 12.0. The van der Waals surface area contributed by atoms with Gasteiger partial charge in [-0.15, -0.1) is 0 Å². The lowest BCUT2D eigenvalue weighted by Crippen LogP contribution is -2.37. The van der Waals surface area contributed by atoms with E-state index in [1.165, 1.54) is 24.3 Å². The SMILES string of the molecule is O=S(=O)(c1ccc(Cl)cc1)N(c1cccc(C(F)(F)F)c1)S(=O)(=O)c1ccc(Cl)cc1. The van der Waals surface area contributed by atoms with Gasteiger partial charge in [-0.3, -0.25) is 0 Å². The maximum absolute atomic E-state index is 13.3. The highest BCUT2D eigenvalue weighted by Gasteiger charge is 2.39. The smallest absolute Gasteiger partial charge is 0.200 e. The van der Waals surface area contributed by atoms with Crippen LogP contribution in [-0.2, 0) is 26.2 Å². The summed E-state index contributed by atoms with van der Waals surface area (Å²) >= 11 is 11.5. The van der Waals surface area contributed by atoms with E-state index >= 15 is 0 Å². The Kier molecular flexibility index (Phi) is 6.30. The lowest BCUT2D eigenvalue weighted by molar-refractivity contribution is -0.137. The first-order chi connectivity index (χ1) is 14.3. The van der Waals surface area contributed by atoms with Gasteiger partial charge in [0, 0.05) is 10.0 Å². The predicted octanol–water partition coefficient (Wildman–Crippen LogP) is 5.60. The number of benzene rings is 3. The summed E-state index contributed by atoms with van der Waals surface area (Å²) in [6, 6.07) is 12.1. The van der Waals surface area contributed by atoms with Crippen LogP contribution in [0.5, 0.6) is 0 Å². The van der Waals surface area contributed by atoms with Crippen molar-refractivity contribution in [3.8, 4) is 0 Å². The van der Waals surface area contributed by atoms with Crippen molar-refractivity contribution in [3.63, 3.8) is 0 Å². The second kappa shape index (κ2) is 8.34. The van der Waals surface area contributed by atoms with Crippen LogP contribution in [0.4, 0.5) is 18.9 Å². The molecule has 0 saturated heterocycles. The molecule has 3 aromatic carbocycles. The van der Waals surface area contributed by atoms with Crippen molar-refractivity contribution >= 4 is 48.9 Å². The Labute approximate surface area is 186 Å². The van der Waals surface area contributed by atoms with Crippen molar-refractivity contribution in [2.75, 3.05) is 3.71 Å². The van der Waals surface area contributed by atoms with Crippen molar-refractivity contribution in [2.45, 2.75) is 16.0 Å². The van der Waals surface area contributed by atoms with Crippen LogP contribution in [0.3, 0.4) is 0 Å². The lowest BCUT2D eigenvalue weighted by atomic mass is 10.2. The van der Waals surface area contributed by atoms with Crippen LogP contribution in [-0.4, -0.2) is 16.8 Å². The summed E-state index contributed by atoms with van der Waals surface area (Å²) in [6.45, 7) is 0. The molecule has 0 N–H and O–H groups in total. The zero-order chi connectivity index (χ0) is 23.0. The highest BCUT2D eigenvalue weighted by Crippen LogP contribution is 2.36. The quantitative estimate of drug-likeness (QED) is 0.449. The molecule has 0 aliphatic carbocycles. The Morgan fingerprint density at radius 1 is 0.677 bits per heavy atom. The molecule has 0 atom stereocenters. The van der Waals surface area contributed by atoms with Crippen molar-refractivity contribution < 1.29 is 30.0 Å². The third-order valence-corrected chi connectivity index (χ3v) is 8.76. The molecular formula is C19H12Cl2F3NO4S2. The molecule has 0 aliphatic heterocycles. The van der Waals surface area contributed by atoms with Gasteiger partial charge in [0.15, 0.2) is 0 Å². The van der Waals surface area contributed by atoms with Gasteiger partial charge in [-0.05, 0) is 66.7 Å². The number of alkyl halides is 3. The molecule has 164 valence electrons. The third kappa shape index (κ3) is 4.82. The maximum atomic E-state index is 13.3. The Hall–Kier alpha value is -2.27. The monoisotopic (exact) mass is 509 g/mol.